The molecule has 0 atom stereocenters. The number of hydrogen-bond donors (Lipinski definition) is 1. The first-order chi connectivity index (χ1) is 7.74. The quantitative estimate of drug-likeness (QED) is 0.728. The van der Waals surface area contributed by atoms with E-state index in [1.54, 1.807) is 7.11 Å². The van der Waals surface area contributed by atoms with E-state index in [0.29, 0.717) is 26.4 Å². The molecular weight excluding hydrogens is 216 g/mol. The van der Waals surface area contributed by atoms with E-state index in [1.807, 2.05) is 0 Å². The van der Waals surface area contributed by atoms with Crippen molar-refractivity contribution in [1.29, 1.82) is 0 Å². The van der Waals surface area contributed by atoms with Gasteiger partial charge in [0.05, 0.1) is 25.5 Å². The van der Waals surface area contributed by atoms with Crippen molar-refractivity contribution in [2.75, 3.05) is 38.8 Å². The van der Waals surface area contributed by atoms with E-state index >= 15 is 0 Å². The second-order valence-electron chi connectivity index (χ2n) is 3.16. The van der Waals surface area contributed by atoms with Crippen LogP contribution in [0.2, 0.25) is 0 Å². The predicted molar refractivity (Wildman–Crippen MR) is 57.5 cm³/mol. The number of benzene rings is 1. The van der Waals surface area contributed by atoms with E-state index in [0.717, 1.165) is 6.07 Å². The third-order valence-electron chi connectivity index (χ3n) is 1.92. The number of nitrogens with one attached hydrogen (secondary N) is 1. The number of rotatable bonds is 7. The lowest BCUT2D eigenvalue weighted by Gasteiger charge is -2.08. The fourth-order valence-electron chi connectivity index (χ4n) is 1.14. The van der Waals surface area contributed by atoms with Gasteiger partial charge in [0, 0.05) is 19.7 Å². The fraction of sp³-hybridized carbons (Fsp3) is 0.455. The van der Waals surface area contributed by atoms with Gasteiger partial charge in [-0.1, -0.05) is 0 Å². The van der Waals surface area contributed by atoms with Crippen LogP contribution in [0, 0.1) is 11.6 Å². The van der Waals surface area contributed by atoms with Gasteiger partial charge in [-0.3, -0.25) is 0 Å². The van der Waals surface area contributed by atoms with Crippen LogP contribution in [-0.4, -0.2) is 33.5 Å². The molecule has 16 heavy (non-hydrogen) atoms. The van der Waals surface area contributed by atoms with Crippen LogP contribution in [0.25, 0.3) is 0 Å². The molecule has 0 amide bonds. The maximum Gasteiger partial charge on any atom is 0.149 e. The van der Waals surface area contributed by atoms with Gasteiger partial charge in [0.2, 0.25) is 0 Å². The molecule has 0 aliphatic carbocycles. The van der Waals surface area contributed by atoms with Gasteiger partial charge in [-0.15, -0.1) is 0 Å². The number of hydrogen-bond acceptors (Lipinski definition) is 3. The summed E-state index contributed by atoms with van der Waals surface area (Å²) in [6.45, 7) is 1.95. The third-order valence-corrected chi connectivity index (χ3v) is 1.92. The van der Waals surface area contributed by atoms with Crippen LogP contribution >= 0.6 is 0 Å². The van der Waals surface area contributed by atoms with Gasteiger partial charge in [0.1, 0.15) is 11.6 Å². The van der Waals surface area contributed by atoms with Crippen LogP contribution < -0.4 is 5.32 Å². The lowest BCUT2D eigenvalue weighted by molar-refractivity contribution is 0.0759. The van der Waals surface area contributed by atoms with E-state index in [2.05, 4.69) is 5.32 Å². The second kappa shape index (κ2) is 7.14. The molecule has 5 heteroatoms. The minimum absolute atomic E-state index is 0.275. The summed E-state index contributed by atoms with van der Waals surface area (Å²) < 4.78 is 35.7. The molecule has 0 bridgehead atoms. The Labute approximate surface area is 93.4 Å². The summed E-state index contributed by atoms with van der Waals surface area (Å²) in [6.07, 6.45) is 0. The van der Waals surface area contributed by atoms with E-state index < -0.39 is 11.6 Å². The van der Waals surface area contributed by atoms with Crippen molar-refractivity contribution in [3.63, 3.8) is 0 Å². The Bertz CT molecular complexity index is 321. The first-order valence-electron chi connectivity index (χ1n) is 4.99. The lowest BCUT2D eigenvalue weighted by atomic mass is 10.3. The predicted octanol–water partition coefficient (Wildman–Crippen LogP) is 2.04. The Morgan fingerprint density at radius 1 is 1.19 bits per heavy atom. The smallest absolute Gasteiger partial charge is 0.149 e. The monoisotopic (exact) mass is 231 g/mol. The summed E-state index contributed by atoms with van der Waals surface area (Å²) in [5, 5.41) is 2.81. The SMILES string of the molecule is COCCOCCNc1ccc(F)cc1F. The van der Waals surface area contributed by atoms with E-state index in [9.17, 15) is 8.78 Å². The Morgan fingerprint density at radius 2 is 2.00 bits per heavy atom. The number of halogens is 2. The molecule has 0 spiro atoms. The largest absolute Gasteiger partial charge is 0.382 e. The standard InChI is InChI=1S/C11H15F2NO2/c1-15-6-7-16-5-4-14-11-3-2-9(12)8-10(11)13/h2-3,8,14H,4-7H2,1H3. The molecule has 1 rings (SSSR count). The zero-order valence-electron chi connectivity index (χ0n) is 9.13. The zero-order chi connectivity index (χ0) is 11.8. The maximum atomic E-state index is 13.1. The van der Waals surface area contributed by atoms with Crippen molar-refractivity contribution in [3.05, 3.63) is 29.8 Å². The Balaban J connectivity index is 2.21. The summed E-state index contributed by atoms with van der Waals surface area (Å²) in [6, 6.07) is 3.41. The Hall–Kier alpha value is -1.20. The molecule has 1 aromatic rings. The molecule has 0 heterocycles. The zero-order valence-corrected chi connectivity index (χ0v) is 9.13. The molecule has 0 fully saturated rings. The van der Waals surface area contributed by atoms with Gasteiger partial charge in [-0.05, 0) is 12.1 Å². The normalized spacial score (nSPS) is 10.4. The summed E-state index contributed by atoms with van der Waals surface area (Å²) in [5.41, 5.74) is 0.275. The number of methoxy groups -OCH3 is 1. The average molecular weight is 231 g/mol. The summed E-state index contributed by atoms with van der Waals surface area (Å²) in [4.78, 5) is 0. The van der Waals surface area contributed by atoms with Gasteiger partial charge in [0.15, 0.2) is 0 Å². The highest BCUT2D eigenvalue weighted by atomic mass is 19.1. The van der Waals surface area contributed by atoms with E-state index in [4.69, 9.17) is 9.47 Å². The van der Waals surface area contributed by atoms with Crippen LogP contribution in [-0.2, 0) is 9.47 Å². The summed E-state index contributed by atoms with van der Waals surface area (Å²) in [7, 11) is 1.59. The average Bonchev–Trinajstić information content (AvgIpc) is 2.26. The Kier molecular flexibility index (Phi) is 5.74. The topological polar surface area (TPSA) is 30.5 Å². The van der Waals surface area contributed by atoms with Crippen LogP contribution in [0.5, 0.6) is 0 Å². The first-order valence-corrected chi connectivity index (χ1v) is 4.99. The van der Waals surface area contributed by atoms with Crippen LogP contribution in [0.4, 0.5) is 14.5 Å². The lowest BCUT2D eigenvalue weighted by Crippen LogP contribution is -2.12. The number of ether oxygens (including phenoxy) is 2. The molecule has 90 valence electrons. The molecule has 0 unspecified atom stereocenters. The molecule has 0 aliphatic rings. The van der Waals surface area contributed by atoms with Gasteiger partial charge in [-0.2, -0.15) is 0 Å². The molecule has 3 nitrogen and oxygen atoms in total. The molecular formula is C11H15F2NO2. The van der Waals surface area contributed by atoms with E-state index in [1.165, 1.54) is 12.1 Å². The van der Waals surface area contributed by atoms with Crippen LogP contribution in [0.1, 0.15) is 0 Å². The van der Waals surface area contributed by atoms with Crippen LogP contribution in [0.3, 0.4) is 0 Å². The molecule has 0 aromatic heterocycles. The van der Waals surface area contributed by atoms with Gasteiger partial charge < -0.3 is 14.8 Å². The van der Waals surface area contributed by atoms with Crippen molar-refractivity contribution in [1.82, 2.24) is 0 Å². The van der Waals surface area contributed by atoms with Crippen molar-refractivity contribution >= 4 is 5.69 Å². The molecule has 0 aliphatic heterocycles. The fourth-order valence-corrected chi connectivity index (χ4v) is 1.14. The Morgan fingerprint density at radius 3 is 2.69 bits per heavy atom. The van der Waals surface area contributed by atoms with Gasteiger partial charge in [-0.25, -0.2) is 8.78 Å². The third kappa shape index (κ3) is 4.55. The highest BCUT2D eigenvalue weighted by molar-refractivity contribution is 5.44. The second-order valence-corrected chi connectivity index (χ2v) is 3.16. The van der Waals surface area contributed by atoms with Crippen molar-refractivity contribution in [3.8, 4) is 0 Å². The highest BCUT2D eigenvalue weighted by Gasteiger charge is 2.02. The van der Waals surface area contributed by atoms with Crippen molar-refractivity contribution in [2.45, 2.75) is 0 Å². The highest BCUT2D eigenvalue weighted by Crippen LogP contribution is 2.14. The molecule has 0 radical (unpaired) electrons. The van der Waals surface area contributed by atoms with Crippen LogP contribution in [0.15, 0.2) is 18.2 Å². The molecule has 0 saturated heterocycles. The van der Waals surface area contributed by atoms with Crippen molar-refractivity contribution in [2.24, 2.45) is 0 Å². The molecule has 1 N–H and O–H groups in total. The van der Waals surface area contributed by atoms with E-state index in [-0.39, 0.29) is 5.69 Å². The maximum absolute atomic E-state index is 13.1. The summed E-state index contributed by atoms with van der Waals surface area (Å²) in [5.74, 6) is -1.18. The summed E-state index contributed by atoms with van der Waals surface area (Å²) >= 11 is 0. The minimum atomic E-state index is -0.600. The van der Waals surface area contributed by atoms with Crippen molar-refractivity contribution < 1.29 is 18.3 Å². The minimum Gasteiger partial charge on any atom is -0.382 e. The van der Waals surface area contributed by atoms with Gasteiger partial charge in [0.25, 0.3) is 0 Å². The number of anilines is 1. The molecule has 1 aromatic carbocycles. The molecule has 0 saturated carbocycles. The van der Waals surface area contributed by atoms with Gasteiger partial charge >= 0.3 is 0 Å². The first kappa shape index (κ1) is 12.9.